The first kappa shape index (κ1) is 9.69. The van der Waals surface area contributed by atoms with Gasteiger partial charge in [-0.25, -0.2) is 0 Å². The Balaban J connectivity index is 2.23. The van der Waals surface area contributed by atoms with Gasteiger partial charge in [0.25, 0.3) is 0 Å². The number of aliphatic hydroxyl groups is 1. The smallest absolute Gasteiger partial charge is 0.0927 e. The molecule has 2 unspecified atom stereocenters. The topological polar surface area (TPSA) is 29.5 Å². The molecule has 1 saturated heterocycles. The Bertz CT molecular complexity index is 296. The second-order valence-corrected chi connectivity index (χ2v) is 4.09. The fraction of sp³-hybridized carbons (Fsp3) is 0.500. The van der Waals surface area contributed by atoms with E-state index in [0.29, 0.717) is 13.0 Å². The third-order valence-electron chi connectivity index (χ3n) is 2.88. The molecule has 0 radical (unpaired) electrons. The van der Waals surface area contributed by atoms with E-state index in [9.17, 15) is 5.11 Å². The van der Waals surface area contributed by atoms with Crippen LogP contribution in [0.3, 0.4) is 0 Å². The zero-order valence-corrected chi connectivity index (χ0v) is 8.44. The maximum absolute atomic E-state index is 9.63. The summed E-state index contributed by atoms with van der Waals surface area (Å²) in [5.41, 5.74) is 0.845. The van der Waals surface area contributed by atoms with Crippen molar-refractivity contribution in [3.63, 3.8) is 0 Å². The van der Waals surface area contributed by atoms with Crippen LogP contribution in [0.1, 0.15) is 25.3 Å². The molecule has 0 amide bonds. The van der Waals surface area contributed by atoms with Crippen LogP contribution in [-0.4, -0.2) is 17.8 Å². The van der Waals surface area contributed by atoms with E-state index in [2.05, 4.69) is 12.1 Å². The summed E-state index contributed by atoms with van der Waals surface area (Å²) in [6.45, 7) is 2.69. The van der Waals surface area contributed by atoms with Crippen molar-refractivity contribution in [2.75, 3.05) is 6.61 Å². The molecule has 2 heteroatoms. The molecule has 1 fully saturated rings. The highest BCUT2D eigenvalue weighted by Crippen LogP contribution is 2.34. The minimum Gasteiger partial charge on any atom is -0.393 e. The van der Waals surface area contributed by atoms with E-state index in [0.717, 1.165) is 12.0 Å². The van der Waals surface area contributed by atoms with Gasteiger partial charge >= 0.3 is 0 Å². The lowest BCUT2D eigenvalue weighted by atomic mass is 9.87. The van der Waals surface area contributed by atoms with Gasteiger partial charge in [-0.3, -0.25) is 0 Å². The molecule has 1 aromatic rings. The van der Waals surface area contributed by atoms with Crippen LogP contribution >= 0.6 is 0 Å². The zero-order chi connectivity index (χ0) is 10.0. The molecule has 14 heavy (non-hydrogen) atoms. The van der Waals surface area contributed by atoms with Crippen LogP contribution in [0.15, 0.2) is 30.3 Å². The van der Waals surface area contributed by atoms with Crippen molar-refractivity contribution in [3.8, 4) is 0 Å². The molecule has 0 saturated carbocycles. The minimum absolute atomic E-state index is 0.228. The number of aliphatic hydroxyl groups excluding tert-OH is 1. The van der Waals surface area contributed by atoms with Crippen LogP contribution < -0.4 is 0 Å². The van der Waals surface area contributed by atoms with Gasteiger partial charge in [-0.05, 0) is 18.9 Å². The first-order valence-electron chi connectivity index (χ1n) is 5.08. The standard InChI is InChI=1S/C12H16O2/c1-12(9-11(13)7-8-14-12)10-5-3-2-4-6-10/h2-6,11,13H,7-9H2,1H3. The average molecular weight is 192 g/mol. The van der Waals surface area contributed by atoms with E-state index in [1.54, 1.807) is 0 Å². The third-order valence-corrected chi connectivity index (χ3v) is 2.88. The molecule has 0 aromatic heterocycles. The van der Waals surface area contributed by atoms with E-state index in [-0.39, 0.29) is 11.7 Å². The Morgan fingerprint density at radius 3 is 2.71 bits per heavy atom. The van der Waals surface area contributed by atoms with E-state index in [4.69, 9.17) is 4.74 Å². The number of hydrogen-bond acceptors (Lipinski definition) is 2. The normalized spacial score (nSPS) is 32.9. The SMILES string of the molecule is CC1(c2ccccc2)CC(O)CCO1. The number of ether oxygens (including phenoxy) is 1. The molecule has 1 aromatic carbocycles. The second kappa shape index (κ2) is 3.71. The Labute approximate surface area is 84.5 Å². The summed E-state index contributed by atoms with van der Waals surface area (Å²) in [6.07, 6.45) is 1.22. The highest BCUT2D eigenvalue weighted by Gasteiger charge is 2.33. The maximum Gasteiger partial charge on any atom is 0.0927 e. The largest absolute Gasteiger partial charge is 0.393 e. The minimum atomic E-state index is -0.307. The van der Waals surface area contributed by atoms with Crippen molar-refractivity contribution in [3.05, 3.63) is 35.9 Å². The Morgan fingerprint density at radius 1 is 1.36 bits per heavy atom. The molecule has 0 bridgehead atoms. The lowest BCUT2D eigenvalue weighted by molar-refractivity contribution is -0.112. The van der Waals surface area contributed by atoms with Crippen LogP contribution in [0.5, 0.6) is 0 Å². The van der Waals surface area contributed by atoms with Crippen molar-refractivity contribution in [1.29, 1.82) is 0 Å². The van der Waals surface area contributed by atoms with Crippen molar-refractivity contribution < 1.29 is 9.84 Å². The van der Waals surface area contributed by atoms with Gasteiger partial charge < -0.3 is 9.84 Å². The molecular formula is C12H16O2. The van der Waals surface area contributed by atoms with E-state index >= 15 is 0 Å². The summed E-state index contributed by atoms with van der Waals surface area (Å²) in [4.78, 5) is 0. The Morgan fingerprint density at radius 2 is 2.07 bits per heavy atom. The molecule has 0 spiro atoms. The fourth-order valence-electron chi connectivity index (χ4n) is 2.02. The van der Waals surface area contributed by atoms with Crippen molar-refractivity contribution in [1.82, 2.24) is 0 Å². The summed E-state index contributed by atoms with van der Waals surface area (Å²) >= 11 is 0. The highest BCUT2D eigenvalue weighted by molar-refractivity contribution is 5.22. The van der Waals surface area contributed by atoms with Gasteiger partial charge in [-0.2, -0.15) is 0 Å². The number of hydrogen-bond donors (Lipinski definition) is 1. The van der Waals surface area contributed by atoms with Gasteiger partial charge in [-0.1, -0.05) is 30.3 Å². The molecule has 1 N–H and O–H groups in total. The van der Waals surface area contributed by atoms with Crippen molar-refractivity contribution in [2.45, 2.75) is 31.5 Å². The lowest BCUT2D eigenvalue weighted by Crippen LogP contribution is -2.36. The summed E-state index contributed by atoms with van der Waals surface area (Å²) < 4.78 is 5.76. The maximum atomic E-state index is 9.63. The fourth-order valence-corrected chi connectivity index (χ4v) is 2.02. The van der Waals surface area contributed by atoms with Gasteiger partial charge in [0.05, 0.1) is 18.3 Å². The average Bonchev–Trinajstić information content (AvgIpc) is 2.19. The molecule has 2 rings (SSSR count). The van der Waals surface area contributed by atoms with Crippen molar-refractivity contribution >= 4 is 0 Å². The lowest BCUT2D eigenvalue weighted by Gasteiger charge is -2.36. The molecule has 0 aliphatic carbocycles. The molecule has 1 aliphatic rings. The summed E-state index contributed by atoms with van der Waals surface area (Å²) in [6, 6.07) is 10.1. The van der Waals surface area contributed by atoms with Gasteiger partial charge in [0.15, 0.2) is 0 Å². The predicted octanol–water partition coefficient (Wildman–Crippen LogP) is 2.07. The van der Waals surface area contributed by atoms with Crippen molar-refractivity contribution in [2.24, 2.45) is 0 Å². The van der Waals surface area contributed by atoms with Gasteiger partial charge in [0, 0.05) is 6.42 Å². The molecule has 76 valence electrons. The molecule has 2 nitrogen and oxygen atoms in total. The van der Waals surface area contributed by atoms with E-state index < -0.39 is 0 Å². The van der Waals surface area contributed by atoms with Gasteiger partial charge in [0.1, 0.15) is 0 Å². The van der Waals surface area contributed by atoms with Gasteiger partial charge in [0.2, 0.25) is 0 Å². The second-order valence-electron chi connectivity index (χ2n) is 4.09. The third kappa shape index (κ3) is 1.81. The Kier molecular flexibility index (Phi) is 2.57. The monoisotopic (exact) mass is 192 g/mol. The quantitative estimate of drug-likeness (QED) is 0.738. The summed E-state index contributed by atoms with van der Waals surface area (Å²) in [5.74, 6) is 0. The molecule has 2 atom stereocenters. The van der Waals surface area contributed by atoms with E-state index in [1.165, 1.54) is 0 Å². The predicted molar refractivity (Wildman–Crippen MR) is 55.0 cm³/mol. The first-order chi connectivity index (χ1) is 6.71. The van der Waals surface area contributed by atoms with Crippen LogP contribution in [0, 0.1) is 0 Å². The van der Waals surface area contributed by atoms with Crippen LogP contribution in [0.4, 0.5) is 0 Å². The molecule has 1 heterocycles. The van der Waals surface area contributed by atoms with Crippen LogP contribution in [-0.2, 0) is 10.3 Å². The van der Waals surface area contributed by atoms with Crippen LogP contribution in [0.25, 0.3) is 0 Å². The summed E-state index contributed by atoms with van der Waals surface area (Å²) in [5, 5.41) is 9.63. The van der Waals surface area contributed by atoms with Gasteiger partial charge in [-0.15, -0.1) is 0 Å². The van der Waals surface area contributed by atoms with E-state index in [1.807, 2.05) is 25.1 Å². The highest BCUT2D eigenvalue weighted by atomic mass is 16.5. The number of benzene rings is 1. The molecule has 1 aliphatic heterocycles. The first-order valence-corrected chi connectivity index (χ1v) is 5.08. The Hall–Kier alpha value is -0.860. The molecular weight excluding hydrogens is 176 g/mol. The van der Waals surface area contributed by atoms with Crippen LogP contribution in [0.2, 0.25) is 0 Å². The zero-order valence-electron chi connectivity index (χ0n) is 8.44. The number of rotatable bonds is 1. The summed E-state index contributed by atoms with van der Waals surface area (Å²) in [7, 11) is 0.